The van der Waals surface area contributed by atoms with E-state index in [2.05, 4.69) is 5.87 Å². The van der Waals surface area contributed by atoms with E-state index in [-0.39, 0.29) is 18.2 Å². The van der Waals surface area contributed by atoms with Crippen molar-refractivity contribution in [2.24, 2.45) is 10.9 Å². The monoisotopic (exact) mass is 496 g/mol. The van der Waals surface area contributed by atoms with Crippen LogP contribution in [-0.2, 0) is 14.5 Å². The van der Waals surface area contributed by atoms with Crippen LogP contribution >= 0.6 is 0 Å². The third-order valence-electron chi connectivity index (χ3n) is 5.37. The van der Waals surface area contributed by atoms with E-state index in [0.717, 1.165) is 11.1 Å². The lowest BCUT2D eigenvalue weighted by molar-refractivity contribution is -0.139. The van der Waals surface area contributed by atoms with Crippen molar-refractivity contribution in [1.82, 2.24) is 4.31 Å². The lowest BCUT2D eigenvalue weighted by Crippen LogP contribution is -2.34. The molecule has 0 bridgehead atoms. The van der Waals surface area contributed by atoms with Crippen molar-refractivity contribution in [1.29, 1.82) is 0 Å². The molecule has 0 aromatic heterocycles. The van der Waals surface area contributed by atoms with Gasteiger partial charge in [0.15, 0.2) is 0 Å². The van der Waals surface area contributed by atoms with Gasteiger partial charge in [-0.1, -0.05) is 38.1 Å². The first-order valence-corrected chi connectivity index (χ1v) is 13.1. The van der Waals surface area contributed by atoms with Crippen molar-refractivity contribution < 1.29 is 28.7 Å². The number of rotatable bonds is 12. The molecule has 4 atom stereocenters. The highest BCUT2D eigenvalue weighted by Crippen LogP contribution is 2.25. The van der Waals surface area contributed by atoms with Gasteiger partial charge < -0.3 is 15.3 Å². The Bertz CT molecular complexity index is 1030. The molecule has 0 aliphatic rings. The molecule has 1 aromatic rings. The van der Waals surface area contributed by atoms with Crippen LogP contribution in [0.1, 0.15) is 46.1 Å². The molecule has 0 aliphatic heterocycles. The summed E-state index contributed by atoms with van der Waals surface area (Å²) in [5.74, 6) is 2.14. The molecular formula is C25H37FN2O5S. The summed E-state index contributed by atoms with van der Waals surface area (Å²) >= 11 is 0. The van der Waals surface area contributed by atoms with Crippen molar-refractivity contribution in [3.05, 3.63) is 53.4 Å². The molecule has 9 heteroatoms. The van der Waals surface area contributed by atoms with Crippen LogP contribution in [0.5, 0.6) is 0 Å². The molecule has 0 spiro atoms. The van der Waals surface area contributed by atoms with Crippen LogP contribution in [0.25, 0.3) is 5.57 Å². The number of aliphatic hydroxyl groups is 2. The van der Waals surface area contributed by atoms with Crippen molar-refractivity contribution in [2.75, 3.05) is 13.3 Å². The first kappa shape index (κ1) is 29.7. The fourth-order valence-corrected chi connectivity index (χ4v) is 3.93. The number of aliphatic carboxylic acids is 1. The third kappa shape index (κ3) is 9.50. The topological polar surface area (TPSA) is 110 Å². The number of allylic oxidation sites excluding steroid dienone is 3. The fraction of sp³-hybridized carbons (Fsp3) is 0.480. The van der Waals surface area contributed by atoms with E-state index in [1.54, 1.807) is 29.6 Å². The molecule has 3 N–H and O–H groups in total. The molecule has 0 amide bonds. The zero-order valence-corrected chi connectivity index (χ0v) is 21.6. The number of carbonyl (C=O) groups is 1. The zero-order valence-electron chi connectivity index (χ0n) is 20.7. The van der Waals surface area contributed by atoms with Gasteiger partial charge in [-0.25, -0.2) is 8.70 Å². The van der Waals surface area contributed by atoms with E-state index in [9.17, 15) is 23.6 Å². The number of benzene rings is 1. The zero-order chi connectivity index (χ0) is 26.2. The van der Waals surface area contributed by atoms with Gasteiger partial charge in [0.05, 0.1) is 18.6 Å². The fourth-order valence-electron chi connectivity index (χ4n) is 3.24. The molecule has 0 saturated heterocycles. The van der Waals surface area contributed by atoms with Gasteiger partial charge in [-0.3, -0.25) is 14.0 Å². The summed E-state index contributed by atoms with van der Waals surface area (Å²) in [5, 5.41) is 29.0. The first-order valence-electron chi connectivity index (χ1n) is 11.0. The van der Waals surface area contributed by atoms with E-state index in [4.69, 9.17) is 10.1 Å². The number of aliphatic hydroxyl groups excluding tert-OH is 2. The molecule has 0 saturated carbocycles. The predicted molar refractivity (Wildman–Crippen MR) is 138 cm³/mol. The highest BCUT2D eigenvalue weighted by molar-refractivity contribution is 7.97. The number of nitrogens with zero attached hydrogens (tertiary/aromatic N) is 2. The minimum Gasteiger partial charge on any atom is -0.481 e. The molecule has 0 aliphatic carbocycles. The molecule has 1 rings (SSSR count). The van der Waals surface area contributed by atoms with Gasteiger partial charge >= 0.3 is 5.97 Å². The maximum Gasteiger partial charge on any atom is 0.305 e. The lowest BCUT2D eigenvalue weighted by atomic mass is 9.91. The van der Waals surface area contributed by atoms with E-state index >= 15 is 0 Å². The molecule has 34 heavy (non-hydrogen) atoms. The number of hydrogen-bond acceptors (Lipinski definition) is 5. The smallest absolute Gasteiger partial charge is 0.305 e. The Balaban J connectivity index is 3.53. The van der Waals surface area contributed by atoms with Gasteiger partial charge in [0.25, 0.3) is 0 Å². The predicted octanol–water partition coefficient (Wildman–Crippen LogP) is 3.38. The maximum absolute atomic E-state index is 13.5. The average Bonchev–Trinajstić information content (AvgIpc) is 2.71. The number of carboxylic acids is 1. The molecule has 7 nitrogen and oxygen atoms in total. The highest BCUT2D eigenvalue weighted by atomic mass is 32.2. The van der Waals surface area contributed by atoms with E-state index in [0.29, 0.717) is 11.3 Å². The van der Waals surface area contributed by atoms with E-state index in [1.165, 1.54) is 24.5 Å². The van der Waals surface area contributed by atoms with Gasteiger partial charge in [0.2, 0.25) is 0 Å². The Morgan fingerprint density at radius 1 is 1.24 bits per heavy atom. The van der Waals surface area contributed by atoms with Gasteiger partial charge in [-0.05, 0) is 54.5 Å². The van der Waals surface area contributed by atoms with Gasteiger partial charge in [-0.15, -0.1) is 0 Å². The largest absolute Gasteiger partial charge is 0.481 e. The van der Waals surface area contributed by atoms with Crippen LogP contribution in [-0.4, -0.2) is 73.1 Å². The van der Waals surface area contributed by atoms with Crippen LogP contribution < -0.4 is 0 Å². The maximum atomic E-state index is 13.5. The van der Waals surface area contributed by atoms with E-state index in [1.807, 2.05) is 27.7 Å². The molecule has 0 heterocycles. The third-order valence-corrected chi connectivity index (χ3v) is 6.90. The normalized spacial score (nSPS) is 18.0. The summed E-state index contributed by atoms with van der Waals surface area (Å²) in [6.07, 6.45) is 1.34. The number of hydrogen-bond donors (Lipinski definition) is 3. The van der Waals surface area contributed by atoms with Crippen LogP contribution in [0.4, 0.5) is 4.39 Å². The molecule has 190 valence electrons. The Labute approximate surface area is 202 Å². The molecule has 1 aromatic carbocycles. The second kappa shape index (κ2) is 12.9. The van der Waals surface area contributed by atoms with Crippen molar-refractivity contribution in [3.8, 4) is 0 Å². The number of halogens is 1. The summed E-state index contributed by atoms with van der Waals surface area (Å²) in [4.78, 5) is 15.6. The van der Waals surface area contributed by atoms with Gasteiger partial charge in [-0.2, -0.15) is 0 Å². The van der Waals surface area contributed by atoms with Crippen molar-refractivity contribution in [2.45, 2.75) is 58.9 Å². The van der Waals surface area contributed by atoms with Crippen molar-refractivity contribution >= 4 is 32.8 Å². The summed E-state index contributed by atoms with van der Waals surface area (Å²) < 4.78 is 27.5. The van der Waals surface area contributed by atoms with Crippen LogP contribution in [0.15, 0.2) is 47.0 Å². The summed E-state index contributed by atoms with van der Waals surface area (Å²) in [6, 6.07) is 6.01. The highest BCUT2D eigenvalue weighted by Gasteiger charge is 2.20. The number of aliphatic imine (C=N–C) groups is 1. The second-order valence-corrected chi connectivity index (χ2v) is 11.3. The average molecular weight is 497 g/mol. The quantitative estimate of drug-likeness (QED) is 0.233. The molecule has 0 radical (unpaired) electrons. The van der Waals surface area contributed by atoms with Gasteiger partial charge in [0, 0.05) is 35.1 Å². The molecular weight excluding hydrogens is 459 g/mol. The molecule has 0 fully saturated rings. The Morgan fingerprint density at radius 2 is 1.79 bits per heavy atom. The standard InChI is InChI=1S/C25H37FN2O5S/c1-16(2)25(27-18(4)28(5)34(6,7)33)23(17(3)19-8-10-20(26)11-9-19)13-12-21(29)14-22(30)15-24(31)32/h8-13,16,18,21-22,29-30H,6,14-15H2,1-5,7H3,(H,31,32)/b13-12+,23-17+,27-25-/t18?,21-,22-,34?/m1/s1. The summed E-state index contributed by atoms with van der Waals surface area (Å²) in [6.45, 7) is 7.58. The Kier molecular flexibility index (Phi) is 11.3. The first-order chi connectivity index (χ1) is 15.6. The Morgan fingerprint density at radius 3 is 2.26 bits per heavy atom. The lowest BCUT2D eigenvalue weighted by Gasteiger charge is -2.25. The van der Waals surface area contributed by atoms with Crippen LogP contribution in [0.3, 0.4) is 0 Å². The van der Waals surface area contributed by atoms with E-state index < -0.39 is 40.5 Å². The number of carboxylic acid groups (broad SMARTS) is 1. The molecule has 2 unspecified atom stereocenters. The van der Waals surface area contributed by atoms with Gasteiger partial charge in [0.1, 0.15) is 12.0 Å². The van der Waals surface area contributed by atoms with Crippen molar-refractivity contribution in [3.63, 3.8) is 0 Å². The summed E-state index contributed by atoms with van der Waals surface area (Å²) in [5.41, 5.74) is 2.90. The minimum atomic E-state index is -2.49. The van der Waals surface area contributed by atoms with Crippen LogP contribution in [0.2, 0.25) is 0 Å². The van der Waals surface area contributed by atoms with Crippen LogP contribution in [0, 0.1) is 11.7 Å². The Hall–Kier alpha value is -2.33. The minimum absolute atomic E-state index is 0.0571. The SMILES string of the molecule is C=S(C)(=O)N(C)C(C)\N=C(C(/C=C/[C@@H](O)C[C@@H](O)CC(=O)O)=C(\C)c1ccc(F)cc1)\C(C)C. The summed E-state index contributed by atoms with van der Waals surface area (Å²) in [7, 11) is -0.809. The second-order valence-electron chi connectivity index (χ2n) is 8.77.